The number of aliphatic imine (C=N–C) groups is 1. The van der Waals surface area contributed by atoms with E-state index in [1.807, 2.05) is 38.1 Å². The van der Waals surface area contributed by atoms with Crippen LogP contribution in [-0.2, 0) is 6.54 Å². The molecule has 0 radical (unpaired) electrons. The predicted octanol–water partition coefficient (Wildman–Crippen LogP) is 2.08. The Bertz CT molecular complexity index is 449. The lowest BCUT2D eigenvalue weighted by atomic mass is 10.1. The number of nitrogens with zero attached hydrogens (tertiary/aromatic N) is 2. The number of carbonyl (C=O) groups is 1. The van der Waals surface area contributed by atoms with E-state index in [9.17, 15) is 4.79 Å². The second kappa shape index (κ2) is 10.4. The van der Waals surface area contributed by atoms with Crippen LogP contribution in [0.4, 0.5) is 0 Å². The first-order chi connectivity index (χ1) is 9.58. The van der Waals surface area contributed by atoms with Crippen molar-refractivity contribution >= 4 is 35.8 Å². The topological polar surface area (TPSA) is 56.7 Å². The molecule has 0 saturated carbocycles. The Labute approximate surface area is 144 Å². The molecule has 0 aliphatic rings. The molecule has 0 aromatic heterocycles. The molecule has 5 nitrogen and oxygen atoms in total. The third-order valence-electron chi connectivity index (χ3n) is 2.72. The van der Waals surface area contributed by atoms with Crippen LogP contribution >= 0.6 is 24.0 Å². The number of hydrogen-bond donors (Lipinski definition) is 2. The summed E-state index contributed by atoms with van der Waals surface area (Å²) in [7, 11) is 3.50. The van der Waals surface area contributed by atoms with E-state index in [2.05, 4.69) is 15.6 Å². The van der Waals surface area contributed by atoms with Gasteiger partial charge in [0, 0.05) is 32.7 Å². The van der Waals surface area contributed by atoms with Crippen LogP contribution in [0.25, 0.3) is 0 Å². The third-order valence-corrected chi connectivity index (χ3v) is 2.72. The summed E-state index contributed by atoms with van der Waals surface area (Å²) in [5.74, 6) is 0.824. The van der Waals surface area contributed by atoms with E-state index in [1.54, 1.807) is 19.0 Å². The molecule has 0 bridgehead atoms. The van der Waals surface area contributed by atoms with Crippen LogP contribution in [0.15, 0.2) is 29.3 Å². The predicted molar refractivity (Wildman–Crippen MR) is 98.4 cm³/mol. The molecule has 2 N–H and O–H groups in total. The Balaban J connectivity index is 0.00000400. The van der Waals surface area contributed by atoms with Gasteiger partial charge in [0.2, 0.25) is 0 Å². The summed E-state index contributed by atoms with van der Waals surface area (Å²) in [5.41, 5.74) is 1.77. The molecule has 6 heteroatoms. The van der Waals surface area contributed by atoms with E-state index in [0.29, 0.717) is 12.1 Å². The lowest BCUT2D eigenvalue weighted by Crippen LogP contribution is -2.36. The van der Waals surface area contributed by atoms with Gasteiger partial charge in [-0.3, -0.25) is 4.79 Å². The summed E-state index contributed by atoms with van der Waals surface area (Å²) in [4.78, 5) is 17.8. The molecule has 0 atom stereocenters. The van der Waals surface area contributed by atoms with E-state index in [4.69, 9.17) is 0 Å². The fourth-order valence-electron chi connectivity index (χ4n) is 1.69. The lowest BCUT2D eigenvalue weighted by molar-refractivity contribution is 0.0827. The molecule has 1 amide bonds. The number of amides is 1. The van der Waals surface area contributed by atoms with Crippen molar-refractivity contribution in [3.8, 4) is 0 Å². The number of benzene rings is 1. The first-order valence-electron chi connectivity index (χ1n) is 6.91. The van der Waals surface area contributed by atoms with E-state index in [-0.39, 0.29) is 29.9 Å². The highest BCUT2D eigenvalue weighted by molar-refractivity contribution is 14.0. The van der Waals surface area contributed by atoms with Crippen LogP contribution < -0.4 is 10.6 Å². The summed E-state index contributed by atoms with van der Waals surface area (Å²) >= 11 is 0. The van der Waals surface area contributed by atoms with E-state index in [1.165, 1.54) is 0 Å². The van der Waals surface area contributed by atoms with Crippen molar-refractivity contribution < 1.29 is 4.79 Å². The van der Waals surface area contributed by atoms with E-state index >= 15 is 0 Å². The van der Waals surface area contributed by atoms with Crippen molar-refractivity contribution in [3.63, 3.8) is 0 Å². The van der Waals surface area contributed by atoms with Crippen LogP contribution in [0, 0.1) is 0 Å². The largest absolute Gasteiger partial charge is 0.357 e. The first kappa shape index (κ1) is 19.7. The molecule has 0 heterocycles. The maximum atomic E-state index is 11.8. The Morgan fingerprint density at radius 1 is 1.10 bits per heavy atom. The molecule has 1 rings (SSSR count). The van der Waals surface area contributed by atoms with Crippen LogP contribution in [0.1, 0.15) is 29.8 Å². The van der Waals surface area contributed by atoms with Gasteiger partial charge in [0.05, 0.1) is 6.54 Å². The minimum Gasteiger partial charge on any atom is -0.357 e. The maximum Gasteiger partial charge on any atom is 0.253 e. The average molecular weight is 404 g/mol. The van der Waals surface area contributed by atoms with Crippen molar-refractivity contribution in [1.82, 2.24) is 15.5 Å². The number of rotatable bonds is 5. The molecule has 1 aromatic carbocycles. The van der Waals surface area contributed by atoms with Gasteiger partial charge in [0.15, 0.2) is 5.96 Å². The van der Waals surface area contributed by atoms with Gasteiger partial charge in [-0.2, -0.15) is 0 Å². The highest BCUT2D eigenvalue weighted by Gasteiger charge is 2.06. The molecule has 0 fully saturated rings. The standard InChI is InChI=1S/C15H24N4O.HI/c1-5-16-15(17-6-2)18-11-12-7-9-13(10-8-12)14(20)19(3)4;/h7-10H,5-6,11H2,1-4H3,(H2,16,17,18);1H. The van der Waals surface area contributed by atoms with E-state index < -0.39 is 0 Å². The normalized spacial score (nSPS) is 9.33. The molecular formula is C15H25IN4O. The van der Waals surface area contributed by atoms with Crippen molar-refractivity contribution in [3.05, 3.63) is 35.4 Å². The number of halogens is 1. The molecule has 0 aliphatic carbocycles. The first-order valence-corrected chi connectivity index (χ1v) is 6.91. The van der Waals surface area contributed by atoms with Gasteiger partial charge in [-0.05, 0) is 31.5 Å². The summed E-state index contributed by atoms with van der Waals surface area (Å²) in [6.07, 6.45) is 0. The highest BCUT2D eigenvalue weighted by atomic mass is 127. The summed E-state index contributed by atoms with van der Waals surface area (Å²) in [6.45, 7) is 6.33. The highest BCUT2D eigenvalue weighted by Crippen LogP contribution is 2.07. The average Bonchev–Trinajstić information content (AvgIpc) is 2.45. The molecular weight excluding hydrogens is 379 g/mol. The van der Waals surface area contributed by atoms with Crippen molar-refractivity contribution in [2.45, 2.75) is 20.4 Å². The zero-order valence-electron chi connectivity index (χ0n) is 13.1. The zero-order valence-corrected chi connectivity index (χ0v) is 15.5. The minimum absolute atomic E-state index is 0. The van der Waals surface area contributed by atoms with Gasteiger partial charge in [-0.25, -0.2) is 4.99 Å². The van der Waals surface area contributed by atoms with Gasteiger partial charge < -0.3 is 15.5 Å². The lowest BCUT2D eigenvalue weighted by Gasteiger charge is -2.11. The summed E-state index contributed by atoms with van der Waals surface area (Å²) in [5, 5.41) is 6.35. The second-order valence-corrected chi connectivity index (χ2v) is 4.62. The number of nitrogens with one attached hydrogen (secondary N) is 2. The molecule has 1 aromatic rings. The van der Waals surface area contributed by atoms with Gasteiger partial charge in [0.25, 0.3) is 5.91 Å². The Kier molecular flexibility index (Phi) is 9.77. The maximum absolute atomic E-state index is 11.8. The number of guanidine groups is 1. The summed E-state index contributed by atoms with van der Waals surface area (Å²) in [6, 6.07) is 7.56. The molecule has 0 saturated heterocycles. The Morgan fingerprint density at radius 3 is 2.05 bits per heavy atom. The van der Waals surface area contributed by atoms with Gasteiger partial charge in [0.1, 0.15) is 0 Å². The zero-order chi connectivity index (χ0) is 15.0. The smallest absolute Gasteiger partial charge is 0.253 e. The van der Waals surface area contributed by atoms with Gasteiger partial charge in [-0.1, -0.05) is 12.1 Å². The van der Waals surface area contributed by atoms with Crippen molar-refractivity contribution in [1.29, 1.82) is 0 Å². The Hall–Kier alpha value is -1.31. The van der Waals surface area contributed by atoms with Crippen LogP contribution in [0.3, 0.4) is 0 Å². The molecule has 21 heavy (non-hydrogen) atoms. The van der Waals surface area contributed by atoms with Crippen molar-refractivity contribution in [2.24, 2.45) is 4.99 Å². The monoisotopic (exact) mass is 404 g/mol. The second-order valence-electron chi connectivity index (χ2n) is 4.62. The van der Waals surface area contributed by atoms with Crippen LogP contribution in [0.2, 0.25) is 0 Å². The summed E-state index contributed by atoms with van der Waals surface area (Å²) < 4.78 is 0. The fourth-order valence-corrected chi connectivity index (χ4v) is 1.69. The Morgan fingerprint density at radius 2 is 1.62 bits per heavy atom. The SMILES string of the molecule is CCNC(=NCc1ccc(C(=O)N(C)C)cc1)NCC.I. The van der Waals surface area contributed by atoms with Crippen LogP contribution in [0.5, 0.6) is 0 Å². The molecule has 0 unspecified atom stereocenters. The van der Waals surface area contributed by atoms with Crippen LogP contribution in [-0.4, -0.2) is 44.0 Å². The molecule has 0 spiro atoms. The third kappa shape index (κ3) is 6.79. The van der Waals surface area contributed by atoms with Crippen molar-refractivity contribution in [2.75, 3.05) is 27.2 Å². The van der Waals surface area contributed by atoms with Gasteiger partial charge >= 0.3 is 0 Å². The van der Waals surface area contributed by atoms with E-state index in [0.717, 1.165) is 24.6 Å². The van der Waals surface area contributed by atoms with Gasteiger partial charge in [-0.15, -0.1) is 24.0 Å². The fraction of sp³-hybridized carbons (Fsp3) is 0.467. The molecule has 0 aliphatic heterocycles. The number of hydrogen-bond acceptors (Lipinski definition) is 2. The quantitative estimate of drug-likeness (QED) is 0.449. The minimum atomic E-state index is 0. The molecule has 118 valence electrons. The number of carbonyl (C=O) groups excluding carboxylic acids is 1.